The second kappa shape index (κ2) is 6.57. The zero-order valence-corrected chi connectivity index (χ0v) is 14.1. The fourth-order valence-electron chi connectivity index (χ4n) is 2.88. The lowest BCUT2D eigenvalue weighted by molar-refractivity contribution is -0.143. The first-order valence-corrected chi connectivity index (χ1v) is 8.83. The summed E-state index contributed by atoms with van der Waals surface area (Å²) in [5.74, 6) is 1.98. The van der Waals surface area contributed by atoms with E-state index in [4.69, 9.17) is 5.73 Å². The second-order valence-corrected chi connectivity index (χ2v) is 8.29. The number of carbonyl (C=O) groups excluding carboxylic acids is 2. The normalized spacial score (nSPS) is 26.5. The molecule has 2 atom stereocenters. The largest absolute Gasteiger partial charge is 0.341 e. The summed E-state index contributed by atoms with van der Waals surface area (Å²) in [6.07, 6.45) is 1.47. The Morgan fingerprint density at radius 2 is 2.05 bits per heavy atom. The van der Waals surface area contributed by atoms with Crippen molar-refractivity contribution in [1.82, 2.24) is 9.80 Å². The third-order valence-corrected chi connectivity index (χ3v) is 5.11. The Kier molecular flexibility index (Phi) is 5.20. The van der Waals surface area contributed by atoms with E-state index in [0.717, 1.165) is 25.3 Å². The molecule has 0 aromatic rings. The van der Waals surface area contributed by atoms with Crippen LogP contribution >= 0.6 is 11.8 Å². The average molecular weight is 313 g/mol. The lowest BCUT2D eigenvalue weighted by Gasteiger charge is -2.29. The Morgan fingerprint density at radius 1 is 1.33 bits per heavy atom. The van der Waals surface area contributed by atoms with Crippen molar-refractivity contribution in [3.63, 3.8) is 0 Å². The molecule has 21 heavy (non-hydrogen) atoms. The highest BCUT2D eigenvalue weighted by Crippen LogP contribution is 2.28. The minimum atomic E-state index is -0.277. The van der Waals surface area contributed by atoms with Gasteiger partial charge in [-0.1, -0.05) is 20.8 Å². The molecule has 0 spiro atoms. The molecule has 0 aromatic heterocycles. The van der Waals surface area contributed by atoms with Crippen molar-refractivity contribution in [3.05, 3.63) is 0 Å². The fraction of sp³-hybridized carbons (Fsp3) is 0.867. The molecule has 2 fully saturated rings. The number of likely N-dealkylation sites (tertiary alicyclic amines) is 1. The van der Waals surface area contributed by atoms with Gasteiger partial charge in [0.25, 0.3) is 0 Å². The summed E-state index contributed by atoms with van der Waals surface area (Å²) in [7, 11) is 0. The van der Waals surface area contributed by atoms with Gasteiger partial charge in [-0.25, -0.2) is 0 Å². The summed E-state index contributed by atoms with van der Waals surface area (Å²) in [6.45, 7) is 8.32. The molecule has 2 saturated heterocycles. The molecule has 0 radical (unpaired) electrons. The number of hydrogen-bond donors (Lipinski definition) is 1. The number of hydrogen-bond acceptors (Lipinski definition) is 4. The average Bonchev–Trinajstić information content (AvgIpc) is 3.05. The van der Waals surface area contributed by atoms with E-state index in [9.17, 15) is 9.59 Å². The third kappa shape index (κ3) is 4.13. The Hall–Kier alpha value is -0.750. The van der Waals surface area contributed by atoms with Crippen LogP contribution in [0.3, 0.4) is 0 Å². The minimum Gasteiger partial charge on any atom is -0.341 e. The molecule has 120 valence electrons. The maximum atomic E-state index is 12.7. The molecule has 0 aromatic carbocycles. The summed E-state index contributed by atoms with van der Waals surface area (Å²) in [4.78, 5) is 28.8. The first-order valence-electron chi connectivity index (χ1n) is 7.68. The van der Waals surface area contributed by atoms with E-state index in [1.807, 2.05) is 4.90 Å². The molecule has 0 aliphatic carbocycles. The highest BCUT2D eigenvalue weighted by molar-refractivity contribution is 7.99. The summed E-state index contributed by atoms with van der Waals surface area (Å²) < 4.78 is 0. The van der Waals surface area contributed by atoms with Crippen LogP contribution in [0.15, 0.2) is 0 Å². The zero-order chi connectivity index (χ0) is 15.6. The molecule has 2 N–H and O–H groups in total. The molecule has 2 unspecified atom stereocenters. The molecular formula is C15H27N3O2S. The Bertz CT molecular complexity index is 408. The number of nitrogens with zero attached hydrogens (tertiary/aromatic N) is 2. The van der Waals surface area contributed by atoms with E-state index in [-0.39, 0.29) is 23.3 Å². The van der Waals surface area contributed by atoms with Gasteiger partial charge in [0.2, 0.25) is 11.8 Å². The minimum absolute atomic E-state index is 0.0454. The van der Waals surface area contributed by atoms with E-state index >= 15 is 0 Å². The molecule has 0 bridgehead atoms. The van der Waals surface area contributed by atoms with E-state index in [1.54, 1.807) is 16.7 Å². The smallest absolute Gasteiger partial charge is 0.246 e. The van der Waals surface area contributed by atoms with E-state index < -0.39 is 0 Å². The molecular weight excluding hydrogens is 286 g/mol. The number of rotatable bonds is 3. The van der Waals surface area contributed by atoms with Crippen LogP contribution in [0.5, 0.6) is 0 Å². The van der Waals surface area contributed by atoms with Crippen LogP contribution in [0.4, 0.5) is 0 Å². The summed E-state index contributed by atoms with van der Waals surface area (Å²) in [5, 5.41) is 0. The lowest BCUT2D eigenvalue weighted by Crippen LogP contribution is -2.49. The molecule has 2 amide bonds. The summed E-state index contributed by atoms with van der Waals surface area (Å²) >= 11 is 1.67. The van der Waals surface area contributed by atoms with E-state index in [2.05, 4.69) is 20.8 Å². The molecule has 2 aliphatic heterocycles. The topological polar surface area (TPSA) is 66.6 Å². The monoisotopic (exact) mass is 313 g/mol. The summed E-state index contributed by atoms with van der Waals surface area (Å²) in [6, 6.07) is -0.277. The Balaban J connectivity index is 1.98. The Labute approximate surface area is 131 Å². The van der Waals surface area contributed by atoms with Gasteiger partial charge in [-0.2, -0.15) is 0 Å². The number of carbonyl (C=O) groups is 2. The van der Waals surface area contributed by atoms with Crippen molar-refractivity contribution < 1.29 is 9.59 Å². The predicted octanol–water partition coefficient (Wildman–Crippen LogP) is 1.13. The number of nitrogens with two attached hydrogens (primary N) is 1. The quantitative estimate of drug-likeness (QED) is 0.848. The lowest BCUT2D eigenvalue weighted by atomic mass is 9.91. The van der Waals surface area contributed by atoms with Gasteiger partial charge in [0.1, 0.15) is 6.04 Å². The fourth-order valence-corrected chi connectivity index (χ4v) is 4.06. The van der Waals surface area contributed by atoms with Crippen molar-refractivity contribution >= 4 is 23.6 Å². The van der Waals surface area contributed by atoms with Gasteiger partial charge in [0.05, 0.1) is 5.88 Å². The highest BCUT2D eigenvalue weighted by Gasteiger charge is 2.39. The molecule has 2 aliphatic rings. The van der Waals surface area contributed by atoms with Crippen molar-refractivity contribution in [2.75, 3.05) is 31.3 Å². The van der Waals surface area contributed by atoms with Crippen molar-refractivity contribution in [2.24, 2.45) is 17.1 Å². The number of amides is 2. The van der Waals surface area contributed by atoms with Crippen LogP contribution in [0.2, 0.25) is 0 Å². The Morgan fingerprint density at radius 3 is 2.62 bits per heavy atom. The van der Waals surface area contributed by atoms with E-state index in [0.29, 0.717) is 24.8 Å². The first-order chi connectivity index (χ1) is 9.81. The standard InChI is InChI=1S/C15H27N3O2S/c1-15(2,3)6-13(19)18-10-21-9-12(18)14(20)17-5-4-11(7-16)8-17/h11-12H,4-10,16H2,1-3H3. The van der Waals surface area contributed by atoms with Crippen LogP contribution in [0.25, 0.3) is 0 Å². The maximum Gasteiger partial charge on any atom is 0.246 e. The van der Waals surface area contributed by atoms with E-state index in [1.165, 1.54) is 0 Å². The maximum absolute atomic E-state index is 12.7. The molecule has 5 nitrogen and oxygen atoms in total. The van der Waals surface area contributed by atoms with Gasteiger partial charge in [0, 0.05) is 25.3 Å². The molecule has 2 rings (SSSR count). The first kappa shape index (κ1) is 16.6. The van der Waals surface area contributed by atoms with Gasteiger partial charge in [-0.3, -0.25) is 9.59 Å². The zero-order valence-electron chi connectivity index (χ0n) is 13.3. The van der Waals surface area contributed by atoms with Crippen LogP contribution in [-0.2, 0) is 9.59 Å². The van der Waals surface area contributed by atoms with Gasteiger partial charge in [-0.15, -0.1) is 11.8 Å². The van der Waals surface area contributed by atoms with Crippen molar-refractivity contribution in [2.45, 2.75) is 39.7 Å². The van der Waals surface area contributed by atoms with Crippen LogP contribution in [0, 0.1) is 11.3 Å². The SMILES string of the molecule is CC(C)(C)CC(=O)N1CSCC1C(=O)N1CCC(CN)C1. The van der Waals surface area contributed by atoms with Gasteiger partial charge < -0.3 is 15.5 Å². The third-order valence-electron chi connectivity index (χ3n) is 4.10. The second-order valence-electron chi connectivity index (χ2n) is 7.29. The molecule has 6 heteroatoms. The highest BCUT2D eigenvalue weighted by atomic mass is 32.2. The molecule has 0 saturated carbocycles. The van der Waals surface area contributed by atoms with Crippen molar-refractivity contribution in [3.8, 4) is 0 Å². The number of thioether (sulfide) groups is 1. The predicted molar refractivity (Wildman–Crippen MR) is 85.8 cm³/mol. The van der Waals surface area contributed by atoms with Crippen LogP contribution < -0.4 is 5.73 Å². The van der Waals surface area contributed by atoms with Crippen LogP contribution in [-0.4, -0.2) is 58.9 Å². The van der Waals surface area contributed by atoms with Gasteiger partial charge >= 0.3 is 0 Å². The van der Waals surface area contributed by atoms with Gasteiger partial charge in [0.15, 0.2) is 0 Å². The molecule has 2 heterocycles. The summed E-state index contributed by atoms with van der Waals surface area (Å²) in [5.41, 5.74) is 5.64. The van der Waals surface area contributed by atoms with Gasteiger partial charge in [-0.05, 0) is 24.3 Å². The van der Waals surface area contributed by atoms with Crippen molar-refractivity contribution in [1.29, 1.82) is 0 Å². The van der Waals surface area contributed by atoms with Crippen LogP contribution in [0.1, 0.15) is 33.6 Å².